The molecule has 0 aromatic heterocycles. The van der Waals surface area contributed by atoms with E-state index in [9.17, 15) is 4.79 Å². The molecule has 1 aliphatic carbocycles. The van der Waals surface area contributed by atoms with E-state index in [1.54, 1.807) is 11.9 Å². The van der Waals surface area contributed by atoms with Crippen LogP contribution in [0.1, 0.15) is 19.3 Å². The summed E-state index contributed by atoms with van der Waals surface area (Å²) in [6, 6.07) is 8.10. The molecule has 7 heteroatoms. The molecule has 0 saturated carbocycles. The number of benzene rings is 1. The number of hydrogen-bond donors (Lipinski definition) is 2. The van der Waals surface area contributed by atoms with Crippen molar-refractivity contribution in [2.24, 2.45) is 4.99 Å². The van der Waals surface area contributed by atoms with Crippen LogP contribution >= 0.6 is 24.0 Å². The molecule has 1 heterocycles. The molecule has 2 N–H and O–H groups in total. The second-order valence-corrected chi connectivity index (χ2v) is 5.94. The molecule has 0 radical (unpaired) electrons. The third kappa shape index (κ3) is 5.10. The molecule has 0 saturated heterocycles. The lowest BCUT2D eigenvalue weighted by Gasteiger charge is -2.29. The number of nitrogens with one attached hydrogen (secondary N) is 2. The minimum atomic E-state index is 0. The number of fused-ring (bicyclic) bond motifs is 1. The first-order valence-electron chi connectivity index (χ1n) is 8.42. The molecular formula is C18H25IN4O2. The van der Waals surface area contributed by atoms with Gasteiger partial charge in [-0.25, -0.2) is 0 Å². The highest BCUT2D eigenvalue weighted by atomic mass is 127. The zero-order valence-corrected chi connectivity index (χ0v) is 16.7. The smallest absolute Gasteiger partial charge is 0.265 e. The molecule has 0 fully saturated rings. The van der Waals surface area contributed by atoms with Crippen LogP contribution in [0.4, 0.5) is 5.69 Å². The number of anilines is 1. The van der Waals surface area contributed by atoms with E-state index in [1.807, 2.05) is 24.3 Å². The average molecular weight is 456 g/mol. The van der Waals surface area contributed by atoms with Gasteiger partial charge in [-0.3, -0.25) is 9.79 Å². The van der Waals surface area contributed by atoms with E-state index in [0.717, 1.165) is 43.2 Å². The summed E-state index contributed by atoms with van der Waals surface area (Å²) in [6.45, 7) is 1.53. The maximum atomic E-state index is 12.1. The standard InChI is InChI=1S/C18H24N4O2.HI/c1-19-18(21-14-7-2-3-8-14)20-11-6-12-22-15-9-4-5-10-16(15)24-13-17(22)23;/h2-5,9-10,14H,6-8,11-13H2,1H3,(H2,19,20,21);1H. The first kappa shape index (κ1) is 19.6. The van der Waals surface area contributed by atoms with E-state index in [2.05, 4.69) is 27.8 Å². The van der Waals surface area contributed by atoms with Crippen molar-refractivity contribution in [3.8, 4) is 5.75 Å². The number of nitrogens with zero attached hydrogens (tertiary/aromatic N) is 2. The first-order valence-corrected chi connectivity index (χ1v) is 8.42. The van der Waals surface area contributed by atoms with Gasteiger partial charge in [-0.15, -0.1) is 24.0 Å². The van der Waals surface area contributed by atoms with Gasteiger partial charge in [0.1, 0.15) is 5.75 Å². The Kier molecular flexibility index (Phi) is 7.54. The lowest BCUT2D eigenvalue weighted by atomic mass is 10.2. The molecule has 0 spiro atoms. The van der Waals surface area contributed by atoms with E-state index in [1.165, 1.54) is 0 Å². The van der Waals surface area contributed by atoms with E-state index in [4.69, 9.17) is 4.74 Å². The number of carbonyl (C=O) groups excluding carboxylic acids is 1. The van der Waals surface area contributed by atoms with Gasteiger partial charge in [0.05, 0.1) is 5.69 Å². The van der Waals surface area contributed by atoms with E-state index in [0.29, 0.717) is 12.6 Å². The Labute approximate surface area is 165 Å². The van der Waals surface area contributed by atoms with Crippen molar-refractivity contribution >= 4 is 41.5 Å². The number of halogens is 1. The minimum absolute atomic E-state index is 0. The Morgan fingerprint density at radius 1 is 1.32 bits per heavy atom. The molecule has 1 aromatic carbocycles. The summed E-state index contributed by atoms with van der Waals surface area (Å²) >= 11 is 0. The highest BCUT2D eigenvalue weighted by Gasteiger charge is 2.24. The van der Waals surface area contributed by atoms with Gasteiger partial charge in [-0.05, 0) is 31.4 Å². The van der Waals surface area contributed by atoms with E-state index >= 15 is 0 Å². The molecular weight excluding hydrogens is 431 g/mol. The van der Waals surface area contributed by atoms with Crippen LogP contribution in [0.2, 0.25) is 0 Å². The van der Waals surface area contributed by atoms with Gasteiger partial charge in [0, 0.05) is 26.2 Å². The molecule has 2 aliphatic rings. The monoisotopic (exact) mass is 456 g/mol. The lowest BCUT2D eigenvalue weighted by molar-refractivity contribution is -0.121. The first-order chi connectivity index (χ1) is 11.8. The Hall–Kier alpha value is -1.77. The number of ether oxygens (including phenoxy) is 1. The van der Waals surface area contributed by atoms with Gasteiger partial charge in [0.25, 0.3) is 5.91 Å². The molecule has 1 amide bonds. The maximum absolute atomic E-state index is 12.1. The summed E-state index contributed by atoms with van der Waals surface area (Å²) < 4.78 is 5.46. The van der Waals surface area contributed by atoms with E-state index < -0.39 is 0 Å². The van der Waals surface area contributed by atoms with E-state index in [-0.39, 0.29) is 36.5 Å². The molecule has 1 aromatic rings. The zero-order valence-electron chi connectivity index (χ0n) is 14.4. The fourth-order valence-electron chi connectivity index (χ4n) is 2.97. The number of para-hydroxylation sites is 2. The fourth-order valence-corrected chi connectivity index (χ4v) is 2.97. The lowest BCUT2D eigenvalue weighted by Crippen LogP contribution is -2.44. The third-order valence-electron chi connectivity index (χ3n) is 4.23. The van der Waals surface area contributed by atoms with Crippen LogP contribution in [0.5, 0.6) is 5.75 Å². The quantitative estimate of drug-likeness (QED) is 0.235. The summed E-state index contributed by atoms with van der Waals surface area (Å²) in [5, 5.41) is 6.72. The number of hydrogen-bond acceptors (Lipinski definition) is 3. The molecule has 3 rings (SSSR count). The summed E-state index contributed by atoms with van der Waals surface area (Å²) in [4.78, 5) is 18.2. The van der Waals surface area contributed by atoms with Gasteiger partial charge in [-0.2, -0.15) is 0 Å². The van der Waals surface area contributed by atoms with Gasteiger partial charge < -0.3 is 20.3 Å². The second-order valence-electron chi connectivity index (χ2n) is 5.94. The SMILES string of the molecule is CN=C(NCCCN1C(=O)COc2ccccc21)NC1CC=CC1.I. The van der Waals surface area contributed by atoms with Crippen LogP contribution in [-0.2, 0) is 4.79 Å². The van der Waals surface area contributed by atoms with Crippen molar-refractivity contribution in [2.45, 2.75) is 25.3 Å². The molecule has 136 valence electrons. The number of rotatable bonds is 5. The number of carbonyl (C=O) groups is 1. The molecule has 6 nitrogen and oxygen atoms in total. The summed E-state index contributed by atoms with van der Waals surface area (Å²) in [5.74, 6) is 1.60. The van der Waals surface area contributed by atoms with Crippen molar-refractivity contribution < 1.29 is 9.53 Å². The second kappa shape index (κ2) is 9.65. The Morgan fingerprint density at radius 3 is 2.84 bits per heavy atom. The van der Waals surface area contributed by atoms with Gasteiger partial charge in [0.2, 0.25) is 0 Å². The fraction of sp³-hybridized carbons (Fsp3) is 0.444. The summed E-state index contributed by atoms with van der Waals surface area (Å²) in [6.07, 6.45) is 7.29. The normalized spacial score (nSPS) is 16.9. The molecule has 0 atom stereocenters. The predicted octanol–water partition coefficient (Wildman–Crippen LogP) is 2.30. The van der Waals surface area contributed by atoms with Crippen LogP contribution in [0.25, 0.3) is 0 Å². The Morgan fingerprint density at radius 2 is 2.08 bits per heavy atom. The Bertz CT molecular complexity index is 640. The van der Waals surface area contributed by atoms with Crippen LogP contribution < -0.4 is 20.3 Å². The van der Waals surface area contributed by atoms with Crippen LogP contribution in [0.3, 0.4) is 0 Å². The maximum Gasteiger partial charge on any atom is 0.265 e. The van der Waals surface area contributed by atoms with Crippen molar-refractivity contribution in [1.82, 2.24) is 10.6 Å². The minimum Gasteiger partial charge on any atom is -0.482 e. The highest BCUT2D eigenvalue weighted by Crippen LogP contribution is 2.31. The molecule has 25 heavy (non-hydrogen) atoms. The Balaban J connectivity index is 0.00000225. The molecule has 0 bridgehead atoms. The van der Waals surface area contributed by atoms with Gasteiger partial charge in [0.15, 0.2) is 12.6 Å². The predicted molar refractivity (Wildman–Crippen MR) is 111 cm³/mol. The van der Waals surface area contributed by atoms with Crippen molar-refractivity contribution in [2.75, 3.05) is 31.6 Å². The van der Waals surface area contributed by atoms with Gasteiger partial charge >= 0.3 is 0 Å². The number of amides is 1. The zero-order chi connectivity index (χ0) is 16.8. The average Bonchev–Trinajstić information content (AvgIpc) is 3.12. The largest absolute Gasteiger partial charge is 0.482 e. The van der Waals surface area contributed by atoms with Gasteiger partial charge in [-0.1, -0.05) is 24.3 Å². The summed E-state index contributed by atoms with van der Waals surface area (Å²) in [7, 11) is 1.78. The van der Waals surface area contributed by atoms with Crippen LogP contribution in [0, 0.1) is 0 Å². The third-order valence-corrected chi connectivity index (χ3v) is 4.23. The van der Waals surface area contributed by atoms with Crippen molar-refractivity contribution in [3.63, 3.8) is 0 Å². The number of guanidine groups is 1. The van der Waals surface area contributed by atoms with Crippen molar-refractivity contribution in [3.05, 3.63) is 36.4 Å². The number of aliphatic imine (C=N–C) groups is 1. The molecule has 1 aliphatic heterocycles. The van der Waals surface area contributed by atoms with Crippen LogP contribution in [-0.4, -0.2) is 44.7 Å². The van der Waals surface area contributed by atoms with Crippen LogP contribution in [0.15, 0.2) is 41.4 Å². The highest BCUT2D eigenvalue weighted by molar-refractivity contribution is 14.0. The van der Waals surface area contributed by atoms with Crippen molar-refractivity contribution in [1.29, 1.82) is 0 Å². The molecule has 0 unspecified atom stereocenters. The topological polar surface area (TPSA) is 66.0 Å². The summed E-state index contributed by atoms with van der Waals surface area (Å²) in [5.41, 5.74) is 0.855.